The van der Waals surface area contributed by atoms with Gasteiger partial charge in [0.2, 0.25) is 5.91 Å². The first-order valence-electron chi connectivity index (χ1n) is 4.83. The van der Waals surface area contributed by atoms with Gasteiger partial charge in [0.15, 0.2) is 0 Å². The number of carboxylic acids is 2. The van der Waals surface area contributed by atoms with Crippen molar-refractivity contribution >= 4 is 17.8 Å². The number of carbonyl (C=O) groups is 3. The van der Waals surface area contributed by atoms with E-state index in [1.807, 2.05) is 0 Å². The molecule has 7 nitrogen and oxygen atoms in total. The SMILES string of the molecule is CCC(N)CC(=O)N(CC(=O)O)CC(=O)O. The molecule has 0 aromatic carbocycles. The molecule has 0 aliphatic heterocycles. The molecule has 16 heavy (non-hydrogen) atoms. The van der Waals surface area contributed by atoms with Crippen molar-refractivity contribution in [1.82, 2.24) is 4.90 Å². The van der Waals surface area contributed by atoms with Crippen LogP contribution in [0.15, 0.2) is 0 Å². The van der Waals surface area contributed by atoms with Gasteiger partial charge in [-0.2, -0.15) is 0 Å². The summed E-state index contributed by atoms with van der Waals surface area (Å²) in [5.74, 6) is -3.06. The van der Waals surface area contributed by atoms with Gasteiger partial charge in [-0.05, 0) is 6.42 Å². The number of nitrogens with two attached hydrogens (primary N) is 1. The van der Waals surface area contributed by atoms with Crippen molar-refractivity contribution in [3.63, 3.8) is 0 Å². The summed E-state index contributed by atoms with van der Waals surface area (Å²) in [6, 6.07) is -0.377. The molecule has 0 bridgehead atoms. The van der Waals surface area contributed by atoms with Crippen LogP contribution in [0.1, 0.15) is 19.8 Å². The van der Waals surface area contributed by atoms with Gasteiger partial charge < -0.3 is 20.8 Å². The topological polar surface area (TPSA) is 121 Å². The molecule has 0 heterocycles. The van der Waals surface area contributed by atoms with E-state index >= 15 is 0 Å². The minimum atomic E-state index is -1.25. The fraction of sp³-hybridized carbons (Fsp3) is 0.667. The summed E-state index contributed by atoms with van der Waals surface area (Å²) in [6.07, 6.45) is 0.525. The Balaban J connectivity index is 4.42. The molecule has 0 saturated carbocycles. The zero-order valence-corrected chi connectivity index (χ0v) is 9.05. The van der Waals surface area contributed by atoms with E-state index in [0.29, 0.717) is 6.42 Å². The van der Waals surface area contributed by atoms with Crippen LogP contribution in [-0.2, 0) is 14.4 Å². The second-order valence-electron chi connectivity index (χ2n) is 3.41. The maximum Gasteiger partial charge on any atom is 0.323 e. The summed E-state index contributed by atoms with van der Waals surface area (Å²) in [6.45, 7) is 0.541. The van der Waals surface area contributed by atoms with E-state index in [0.717, 1.165) is 4.90 Å². The molecule has 92 valence electrons. The molecule has 7 heteroatoms. The molecule has 0 radical (unpaired) electrons. The third-order valence-corrected chi connectivity index (χ3v) is 1.97. The summed E-state index contributed by atoms with van der Waals surface area (Å²) in [5.41, 5.74) is 5.53. The van der Waals surface area contributed by atoms with Gasteiger partial charge in [0.25, 0.3) is 0 Å². The van der Waals surface area contributed by atoms with Gasteiger partial charge in [-0.1, -0.05) is 6.92 Å². The van der Waals surface area contributed by atoms with Gasteiger partial charge in [-0.3, -0.25) is 14.4 Å². The summed E-state index contributed by atoms with van der Waals surface area (Å²) in [4.78, 5) is 33.1. The Hall–Kier alpha value is -1.63. The van der Waals surface area contributed by atoms with Crippen LogP contribution in [0.4, 0.5) is 0 Å². The predicted octanol–water partition coefficient (Wildman–Crippen LogP) is -0.888. The average molecular weight is 232 g/mol. The second-order valence-corrected chi connectivity index (χ2v) is 3.41. The summed E-state index contributed by atoms with van der Waals surface area (Å²) in [7, 11) is 0. The van der Waals surface area contributed by atoms with E-state index in [1.54, 1.807) is 6.92 Å². The zero-order valence-electron chi connectivity index (χ0n) is 9.05. The van der Waals surface area contributed by atoms with Gasteiger partial charge in [0.05, 0.1) is 0 Å². The number of aliphatic carboxylic acids is 2. The number of amides is 1. The van der Waals surface area contributed by atoms with Crippen molar-refractivity contribution in [3.05, 3.63) is 0 Å². The molecule has 0 saturated heterocycles. The molecule has 1 amide bonds. The van der Waals surface area contributed by atoms with E-state index in [2.05, 4.69) is 0 Å². The number of carbonyl (C=O) groups excluding carboxylic acids is 1. The maximum absolute atomic E-state index is 11.5. The fourth-order valence-electron chi connectivity index (χ4n) is 1.06. The molecular formula is C9H16N2O5. The Morgan fingerprint density at radius 2 is 1.62 bits per heavy atom. The lowest BCUT2D eigenvalue weighted by molar-refractivity contribution is -0.149. The van der Waals surface area contributed by atoms with Gasteiger partial charge in [0.1, 0.15) is 13.1 Å². The average Bonchev–Trinajstić information content (AvgIpc) is 2.15. The molecule has 0 spiro atoms. The van der Waals surface area contributed by atoms with Crippen LogP contribution in [0.3, 0.4) is 0 Å². The molecule has 1 atom stereocenters. The monoisotopic (exact) mass is 232 g/mol. The zero-order chi connectivity index (χ0) is 12.7. The molecule has 0 aromatic heterocycles. The minimum absolute atomic E-state index is 0.0446. The minimum Gasteiger partial charge on any atom is -0.480 e. The van der Waals surface area contributed by atoms with E-state index in [1.165, 1.54) is 0 Å². The van der Waals surface area contributed by atoms with Crippen molar-refractivity contribution in [2.75, 3.05) is 13.1 Å². The third kappa shape index (κ3) is 5.97. The van der Waals surface area contributed by atoms with Crippen LogP contribution in [0, 0.1) is 0 Å². The largest absolute Gasteiger partial charge is 0.480 e. The summed E-state index contributed by atoms with van der Waals surface area (Å²) in [5, 5.41) is 17.0. The Kier molecular flexibility index (Phi) is 6.09. The quantitative estimate of drug-likeness (QED) is 0.523. The van der Waals surface area contributed by atoms with Crippen LogP contribution < -0.4 is 5.73 Å². The van der Waals surface area contributed by atoms with Crippen LogP contribution >= 0.6 is 0 Å². The first kappa shape index (κ1) is 14.4. The molecule has 0 aromatic rings. The van der Waals surface area contributed by atoms with Gasteiger partial charge >= 0.3 is 11.9 Å². The lowest BCUT2D eigenvalue weighted by atomic mass is 10.1. The Bertz CT molecular complexity index is 263. The first-order chi connectivity index (χ1) is 7.36. The molecular weight excluding hydrogens is 216 g/mol. The number of rotatable bonds is 7. The highest BCUT2D eigenvalue weighted by Gasteiger charge is 2.20. The highest BCUT2D eigenvalue weighted by atomic mass is 16.4. The molecule has 0 fully saturated rings. The van der Waals surface area contributed by atoms with Crippen LogP contribution in [0.5, 0.6) is 0 Å². The van der Waals surface area contributed by atoms with E-state index < -0.39 is 30.9 Å². The van der Waals surface area contributed by atoms with Gasteiger partial charge in [-0.25, -0.2) is 0 Å². The van der Waals surface area contributed by atoms with Crippen molar-refractivity contribution in [2.45, 2.75) is 25.8 Å². The summed E-state index contributed by atoms with van der Waals surface area (Å²) >= 11 is 0. The summed E-state index contributed by atoms with van der Waals surface area (Å²) < 4.78 is 0. The van der Waals surface area contributed by atoms with E-state index in [9.17, 15) is 14.4 Å². The number of carboxylic acid groups (broad SMARTS) is 2. The number of hydrogen-bond acceptors (Lipinski definition) is 4. The molecule has 4 N–H and O–H groups in total. The number of hydrogen-bond donors (Lipinski definition) is 3. The standard InChI is InChI=1S/C9H16N2O5/c1-2-6(10)3-7(12)11(4-8(13)14)5-9(15)16/h6H,2-5,10H2,1H3,(H,13,14)(H,15,16). The molecule has 0 aliphatic carbocycles. The number of nitrogens with zero attached hydrogens (tertiary/aromatic N) is 1. The normalized spacial score (nSPS) is 11.9. The van der Waals surface area contributed by atoms with Crippen LogP contribution in [-0.4, -0.2) is 52.1 Å². The Morgan fingerprint density at radius 3 is 1.94 bits per heavy atom. The van der Waals surface area contributed by atoms with E-state index in [-0.39, 0.29) is 12.5 Å². The highest BCUT2D eigenvalue weighted by molar-refractivity contribution is 5.85. The van der Waals surface area contributed by atoms with E-state index in [4.69, 9.17) is 15.9 Å². The highest BCUT2D eigenvalue weighted by Crippen LogP contribution is 2.00. The molecule has 0 rings (SSSR count). The maximum atomic E-state index is 11.5. The predicted molar refractivity (Wildman–Crippen MR) is 54.7 cm³/mol. The van der Waals surface area contributed by atoms with Crippen LogP contribution in [0.2, 0.25) is 0 Å². The first-order valence-corrected chi connectivity index (χ1v) is 4.83. The fourth-order valence-corrected chi connectivity index (χ4v) is 1.06. The lowest BCUT2D eigenvalue weighted by Gasteiger charge is -2.20. The second kappa shape index (κ2) is 6.78. The Labute approximate surface area is 92.8 Å². The molecule has 0 aliphatic rings. The smallest absolute Gasteiger partial charge is 0.323 e. The van der Waals surface area contributed by atoms with Crippen LogP contribution in [0.25, 0.3) is 0 Å². The van der Waals surface area contributed by atoms with Crippen molar-refractivity contribution < 1.29 is 24.6 Å². The van der Waals surface area contributed by atoms with Crippen molar-refractivity contribution in [1.29, 1.82) is 0 Å². The third-order valence-electron chi connectivity index (χ3n) is 1.97. The van der Waals surface area contributed by atoms with Gasteiger partial charge in [-0.15, -0.1) is 0 Å². The van der Waals surface area contributed by atoms with Crippen molar-refractivity contribution in [2.24, 2.45) is 5.73 Å². The lowest BCUT2D eigenvalue weighted by Crippen LogP contribution is -2.41. The van der Waals surface area contributed by atoms with Crippen molar-refractivity contribution in [3.8, 4) is 0 Å². The molecule has 1 unspecified atom stereocenters. The Morgan fingerprint density at radius 1 is 1.19 bits per heavy atom. The van der Waals surface area contributed by atoms with Gasteiger partial charge in [0, 0.05) is 12.5 Å².